The van der Waals surface area contributed by atoms with Crippen LogP contribution in [0.5, 0.6) is 5.75 Å². The molecular formula is C8H9Cl2N3O. The lowest BCUT2D eigenvalue weighted by atomic mass is 10.3. The standard InChI is InChI=1S/C8H9Cl2N3O/c9-5-2-1-3-6(8(5)10)14-4-7(11)13-12/h1-3H,4,12H2,(H2,11,13). The van der Waals surface area contributed by atoms with Crippen molar-refractivity contribution in [2.24, 2.45) is 16.7 Å². The summed E-state index contributed by atoms with van der Waals surface area (Å²) in [6, 6.07) is 5.06. The summed E-state index contributed by atoms with van der Waals surface area (Å²) < 4.78 is 5.22. The first-order chi connectivity index (χ1) is 6.65. The molecule has 4 nitrogen and oxygen atoms in total. The van der Waals surface area contributed by atoms with Crippen LogP contribution < -0.4 is 16.3 Å². The van der Waals surface area contributed by atoms with Crippen LogP contribution in [0, 0.1) is 0 Å². The van der Waals surface area contributed by atoms with Gasteiger partial charge in [0.2, 0.25) is 0 Å². The van der Waals surface area contributed by atoms with E-state index >= 15 is 0 Å². The smallest absolute Gasteiger partial charge is 0.157 e. The fourth-order valence-electron chi connectivity index (χ4n) is 0.784. The molecule has 0 amide bonds. The van der Waals surface area contributed by atoms with Crippen LogP contribution in [0.1, 0.15) is 0 Å². The SMILES string of the molecule is N/N=C(\N)COc1cccc(Cl)c1Cl. The highest BCUT2D eigenvalue weighted by Crippen LogP contribution is 2.31. The molecule has 0 aromatic heterocycles. The zero-order valence-electron chi connectivity index (χ0n) is 7.21. The zero-order chi connectivity index (χ0) is 10.6. The second-order valence-corrected chi connectivity index (χ2v) is 3.25. The normalized spacial score (nSPS) is 11.4. The van der Waals surface area contributed by atoms with E-state index in [1.165, 1.54) is 0 Å². The predicted octanol–water partition coefficient (Wildman–Crippen LogP) is 1.60. The summed E-state index contributed by atoms with van der Waals surface area (Å²) in [5, 5.41) is 4.02. The molecule has 0 aliphatic carbocycles. The summed E-state index contributed by atoms with van der Waals surface area (Å²) in [5.41, 5.74) is 5.33. The van der Waals surface area contributed by atoms with Gasteiger partial charge in [-0.3, -0.25) is 0 Å². The number of amidine groups is 1. The summed E-state index contributed by atoms with van der Waals surface area (Å²) in [4.78, 5) is 0. The van der Waals surface area contributed by atoms with Crippen LogP contribution >= 0.6 is 23.2 Å². The Hall–Kier alpha value is -1.13. The summed E-state index contributed by atoms with van der Waals surface area (Å²) in [6.07, 6.45) is 0. The predicted molar refractivity (Wildman–Crippen MR) is 57.8 cm³/mol. The molecule has 76 valence electrons. The van der Waals surface area contributed by atoms with Gasteiger partial charge in [0, 0.05) is 0 Å². The number of hydrogen-bond acceptors (Lipinski definition) is 3. The minimum absolute atomic E-state index is 0.0799. The molecule has 0 unspecified atom stereocenters. The van der Waals surface area contributed by atoms with Crippen LogP contribution in [0.3, 0.4) is 0 Å². The lowest BCUT2D eigenvalue weighted by Gasteiger charge is -2.07. The van der Waals surface area contributed by atoms with Gasteiger partial charge < -0.3 is 16.3 Å². The molecule has 0 spiro atoms. The highest BCUT2D eigenvalue weighted by atomic mass is 35.5. The Labute approximate surface area is 91.4 Å². The molecule has 0 aliphatic rings. The lowest BCUT2D eigenvalue weighted by molar-refractivity contribution is 0.375. The van der Waals surface area contributed by atoms with E-state index in [0.717, 1.165) is 0 Å². The van der Waals surface area contributed by atoms with Gasteiger partial charge in [0.25, 0.3) is 0 Å². The maximum Gasteiger partial charge on any atom is 0.157 e. The van der Waals surface area contributed by atoms with Gasteiger partial charge in [0.15, 0.2) is 5.84 Å². The number of hydrogen-bond donors (Lipinski definition) is 2. The van der Waals surface area contributed by atoms with Crippen molar-refractivity contribution in [2.75, 3.05) is 6.61 Å². The lowest BCUT2D eigenvalue weighted by Crippen LogP contribution is -2.22. The van der Waals surface area contributed by atoms with Crippen molar-refractivity contribution in [3.05, 3.63) is 28.2 Å². The summed E-state index contributed by atoms with van der Waals surface area (Å²) >= 11 is 11.6. The highest BCUT2D eigenvalue weighted by molar-refractivity contribution is 6.42. The van der Waals surface area contributed by atoms with Crippen molar-refractivity contribution in [1.82, 2.24) is 0 Å². The number of rotatable bonds is 3. The minimum Gasteiger partial charge on any atom is -0.484 e. The number of halogens is 2. The molecule has 0 bridgehead atoms. The molecule has 0 fully saturated rings. The monoisotopic (exact) mass is 233 g/mol. The van der Waals surface area contributed by atoms with E-state index in [2.05, 4.69) is 5.10 Å². The summed E-state index contributed by atoms with van der Waals surface area (Å²) in [7, 11) is 0. The number of nitrogens with zero attached hydrogens (tertiary/aromatic N) is 1. The van der Waals surface area contributed by atoms with Crippen LogP contribution in [0.15, 0.2) is 23.3 Å². The molecule has 0 radical (unpaired) electrons. The van der Waals surface area contributed by atoms with E-state index in [1.54, 1.807) is 18.2 Å². The van der Waals surface area contributed by atoms with E-state index < -0.39 is 0 Å². The van der Waals surface area contributed by atoms with Gasteiger partial charge in [0.05, 0.1) is 5.02 Å². The third-order valence-electron chi connectivity index (χ3n) is 1.46. The van der Waals surface area contributed by atoms with Gasteiger partial charge in [-0.15, -0.1) is 0 Å². The van der Waals surface area contributed by atoms with Gasteiger partial charge in [-0.25, -0.2) is 0 Å². The first-order valence-electron chi connectivity index (χ1n) is 3.74. The van der Waals surface area contributed by atoms with Gasteiger partial charge in [-0.05, 0) is 12.1 Å². The van der Waals surface area contributed by atoms with Gasteiger partial charge >= 0.3 is 0 Å². The van der Waals surface area contributed by atoms with Crippen LogP contribution in [-0.4, -0.2) is 12.4 Å². The molecule has 0 heterocycles. The highest BCUT2D eigenvalue weighted by Gasteiger charge is 2.05. The fourth-order valence-corrected chi connectivity index (χ4v) is 1.13. The second-order valence-electron chi connectivity index (χ2n) is 2.46. The maximum atomic E-state index is 5.85. The molecule has 0 saturated carbocycles. The Kier molecular flexibility index (Phi) is 3.85. The van der Waals surface area contributed by atoms with Gasteiger partial charge in [0.1, 0.15) is 17.4 Å². The van der Waals surface area contributed by atoms with E-state index in [4.69, 9.17) is 39.5 Å². The van der Waals surface area contributed by atoms with E-state index in [1.807, 2.05) is 0 Å². The molecule has 14 heavy (non-hydrogen) atoms. The van der Waals surface area contributed by atoms with Crippen LogP contribution in [0.2, 0.25) is 10.0 Å². The van der Waals surface area contributed by atoms with Crippen molar-refractivity contribution >= 4 is 29.0 Å². The van der Waals surface area contributed by atoms with Crippen LogP contribution in [-0.2, 0) is 0 Å². The molecule has 0 atom stereocenters. The van der Waals surface area contributed by atoms with Crippen LogP contribution in [0.25, 0.3) is 0 Å². The number of benzene rings is 1. The third-order valence-corrected chi connectivity index (χ3v) is 2.26. The third kappa shape index (κ3) is 2.68. The second kappa shape index (κ2) is 4.93. The van der Waals surface area contributed by atoms with Gasteiger partial charge in [-0.2, -0.15) is 5.10 Å². The minimum atomic E-state index is 0.0799. The molecule has 1 aromatic rings. The van der Waals surface area contributed by atoms with Crippen molar-refractivity contribution in [3.63, 3.8) is 0 Å². The van der Waals surface area contributed by atoms with E-state index in [9.17, 15) is 0 Å². The molecule has 1 aromatic carbocycles. The Bertz CT molecular complexity index is 354. The Morgan fingerprint density at radius 2 is 2.14 bits per heavy atom. The first-order valence-corrected chi connectivity index (χ1v) is 4.49. The number of nitrogens with two attached hydrogens (primary N) is 2. The molecule has 1 rings (SSSR count). The van der Waals surface area contributed by atoms with Crippen LogP contribution in [0.4, 0.5) is 0 Å². The van der Waals surface area contributed by atoms with Crippen molar-refractivity contribution in [1.29, 1.82) is 0 Å². The molecule has 6 heteroatoms. The summed E-state index contributed by atoms with van der Waals surface area (Å²) in [6.45, 7) is 0.0799. The van der Waals surface area contributed by atoms with E-state index in [-0.39, 0.29) is 12.4 Å². The first kappa shape index (κ1) is 10.9. The van der Waals surface area contributed by atoms with Crippen molar-refractivity contribution in [3.8, 4) is 5.75 Å². The zero-order valence-corrected chi connectivity index (χ0v) is 8.72. The fraction of sp³-hybridized carbons (Fsp3) is 0.125. The summed E-state index contributed by atoms with van der Waals surface area (Å²) in [5.74, 6) is 5.56. The molecular weight excluding hydrogens is 225 g/mol. The maximum absolute atomic E-state index is 5.85. The van der Waals surface area contributed by atoms with Crippen molar-refractivity contribution < 1.29 is 4.74 Å². The average molecular weight is 234 g/mol. The average Bonchev–Trinajstić information content (AvgIpc) is 2.20. The molecule has 0 aliphatic heterocycles. The Morgan fingerprint density at radius 1 is 1.43 bits per heavy atom. The van der Waals surface area contributed by atoms with E-state index in [0.29, 0.717) is 15.8 Å². The molecule has 0 saturated heterocycles. The number of hydrazone groups is 1. The molecule has 4 N–H and O–H groups in total. The Balaban J connectivity index is 2.73. The quantitative estimate of drug-likeness (QED) is 0.361. The Morgan fingerprint density at radius 3 is 2.79 bits per heavy atom. The topological polar surface area (TPSA) is 73.6 Å². The number of ether oxygens (including phenoxy) is 1. The van der Waals surface area contributed by atoms with Crippen molar-refractivity contribution in [2.45, 2.75) is 0 Å². The largest absolute Gasteiger partial charge is 0.484 e. The van der Waals surface area contributed by atoms with Gasteiger partial charge in [-0.1, -0.05) is 29.3 Å².